The summed E-state index contributed by atoms with van der Waals surface area (Å²) in [6, 6.07) is 0. The van der Waals surface area contributed by atoms with Crippen LogP contribution in [-0.4, -0.2) is 30.3 Å². The number of esters is 2. The van der Waals surface area contributed by atoms with Crippen LogP contribution in [0.2, 0.25) is 0 Å². The first-order valence-electron chi connectivity index (χ1n) is 8.24. The lowest BCUT2D eigenvalue weighted by Crippen LogP contribution is -2.63. The average molecular weight is 346 g/mol. The van der Waals surface area contributed by atoms with E-state index in [2.05, 4.69) is 6.58 Å². The second kappa shape index (κ2) is 5.77. The van der Waals surface area contributed by atoms with Gasteiger partial charge >= 0.3 is 18.1 Å². The Morgan fingerprint density at radius 2 is 1.58 bits per heavy atom. The molecule has 4 saturated carbocycles. The van der Waals surface area contributed by atoms with Crippen molar-refractivity contribution in [2.24, 2.45) is 23.7 Å². The molecule has 4 rings (SSSR count). The van der Waals surface area contributed by atoms with Crippen molar-refractivity contribution in [3.8, 4) is 0 Å². The summed E-state index contributed by atoms with van der Waals surface area (Å²) in [5.41, 5.74) is -1.19. The van der Waals surface area contributed by atoms with Gasteiger partial charge < -0.3 is 9.47 Å². The third-order valence-electron chi connectivity index (χ3n) is 5.81. The van der Waals surface area contributed by atoms with Gasteiger partial charge in [0.25, 0.3) is 0 Å². The van der Waals surface area contributed by atoms with Crippen molar-refractivity contribution in [3.05, 3.63) is 12.2 Å². The van der Waals surface area contributed by atoms with Gasteiger partial charge in [-0.2, -0.15) is 13.2 Å². The molecule has 0 heterocycles. The van der Waals surface area contributed by atoms with E-state index in [4.69, 9.17) is 9.47 Å². The molecular weight excluding hydrogens is 325 g/mol. The van der Waals surface area contributed by atoms with E-state index in [-0.39, 0.29) is 24.0 Å². The Hall–Kier alpha value is -1.53. The van der Waals surface area contributed by atoms with Crippen LogP contribution in [-0.2, 0) is 19.1 Å². The third-order valence-corrected chi connectivity index (χ3v) is 5.81. The fourth-order valence-corrected chi connectivity index (χ4v) is 4.95. The van der Waals surface area contributed by atoms with Crippen LogP contribution in [0.4, 0.5) is 13.2 Å². The molecule has 134 valence electrons. The van der Waals surface area contributed by atoms with Crippen molar-refractivity contribution >= 4 is 11.9 Å². The smallest absolute Gasteiger partial charge is 0.458 e. The molecule has 0 spiro atoms. The van der Waals surface area contributed by atoms with Gasteiger partial charge in [0.2, 0.25) is 0 Å². The largest absolute Gasteiger partial charge is 0.490 e. The van der Waals surface area contributed by atoms with E-state index in [1.165, 1.54) is 6.92 Å². The highest BCUT2D eigenvalue weighted by atomic mass is 19.4. The van der Waals surface area contributed by atoms with Gasteiger partial charge in [0.05, 0.1) is 0 Å². The molecule has 0 radical (unpaired) electrons. The van der Waals surface area contributed by atoms with E-state index in [0.717, 1.165) is 32.1 Å². The van der Waals surface area contributed by atoms with Gasteiger partial charge in [-0.15, -0.1) is 0 Å². The molecule has 0 N–H and O–H groups in total. The SMILES string of the molecule is C=C(C)C(=O)OCC1(OC(=O)C(F)(F)F)C2CC3CC(C2)CC1C3. The van der Waals surface area contributed by atoms with Crippen molar-refractivity contribution in [2.75, 3.05) is 6.61 Å². The monoisotopic (exact) mass is 346 g/mol. The minimum atomic E-state index is -5.06. The second-order valence-corrected chi connectivity index (χ2v) is 7.50. The summed E-state index contributed by atoms with van der Waals surface area (Å²) in [6.45, 7) is 4.61. The summed E-state index contributed by atoms with van der Waals surface area (Å²) in [4.78, 5) is 23.3. The summed E-state index contributed by atoms with van der Waals surface area (Å²) < 4.78 is 48.5. The van der Waals surface area contributed by atoms with Crippen molar-refractivity contribution in [1.29, 1.82) is 0 Å². The Morgan fingerprint density at radius 3 is 2.00 bits per heavy atom. The van der Waals surface area contributed by atoms with Crippen LogP contribution in [0, 0.1) is 23.7 Å². The molecule has 4 aliphatic carbocycles. The summed E-state index contributed by atoms with van der Waals surface area (Å²) >= 11 is 0. The van der Waals surface area contributed by atoms with Gasteiger partial charge in [-0.25, -0.2) is 9.59 Å². The number of carbonyl (C=O) groups is 2. The molecule has 0 atom stereocenters. The van der Waals surface area contributed by atoms with E-state index in [9.17, 15) is 22.8 Å². The molecule has 0 aromatic heterocycles. The standard InChI is InChI=1S/C17H21F3O4/c1-9(2)14(21)23-8-16(24-15(22)17(18,19)20)12-4-10-3-11(6-12)7-13(16)5-10/h10-13H,1,3-8H2,2H3. The molecule has 7 heteroatoms. The topological polar surface area (TPSA) is 52.6 Å². The highest BCUT2D eigenvalue weighted by Crippen LogP contribution is 2.60. The molecule has 4 nitrogen and oxygen atoms in total. The number of carbonyl (C=O) groups excluding carboxylic acids is 2. The van der Waals surface area contributed by atoms with E-state index in [0.29, 0.717) is 11.8 Å². The first-order chi connectivity index (χ1) is 11.1. The fourth-order valence-electron chi connectivity index (χ4n) is 4.95. The molecule has 4 bridgehead atoms. The lowest BCUT2D eigenvalue weighted by atomic mass is 9.50. The van der Waals surface area contributed by atoms with Gasteiger partial charge in [0.1, 0.15) is 6.61 Å². The molecule has 0 amide bonds. The summed E-state index contributed by atoms with van der Waals surface area (Å²) in [5, 5.41) is 0. The summed E-state index contributed by atoms with van der Waals surface area (Å²) in [7, 11) is 0. The van der Waals surface area contributed by atoms with Crippen molar-refractivity contribution in [3.63, 3.8) is 0 Å². The number of hydrogen-bond donors (Lipinski definition) is 0. The van der Waals surface area contributed by atoms with Crippen LogP contribution in [0.15, 0.2) is 12.2 Å². The minimum absolute atomic E-state index is 0.163. The molecule has 4 aliphatic rings. The quantitative estimate of drug-likeness (QED) is 0.578. The molecule has 0 saturated heterocycles. The van der Waals surface area contributed by atoms with Gasteiger partial charge in [-0.3, -0.25) is 0 Å². The fraction of sp³-hybridized carbons (Fsp3) is 0.765. The first kappa shape index (κ1) is 17.3. The van der Waals surface area contributed by atoms with Crippen LogP contribution in [0.3, 0.4) is 0 Å². The number of ether oxygens (including phenoxy) is 2. The van der Waals surface area contributed by atoms with Crippen molar-refractivity contribution < 1.29 is 32.2 Å². The molecular formula is C17H21F3O4. The maximum Gasteiger partial charge on any atom is 0.490 e. The molecule has 0 aromatic rings. The Balaban J connectivity index is 1.85. The van der Waals surface area contributed by atoms with Crippen LogP contribution >= 0.6 is 0 Å². The molecule has 0 aliphatic heterocycles. The molecule has 0 aromatic carbocycles. The predicted molar refractivity (Wildman–Crippen MR) is 77.7 cm³/mol. The number of halogens is 3. The zero-order valence-electron chi connectivity index (χ0n) is 13.5. The molecule has 4 fully saturated rings. The summed E-state index contributed by atoms with van der Waals surface area (Å²) in [6.07, 6.45) is -1.06. The second-order valence-electron chi connectivity index (χ2n) is 7.50. The van der Waals surface area contributed by atoms with Crippen LogP contribution < -0.4 is 0 Å². The normalized spacial score (nSPS) is 37.2. The Kier molecular flexibility index (Phi) is 4.16. The number of alkyl halides is 3. The Labute approximate surface area is 138 Å². The Bertz CT molecular complexity index is 539. The van der Waals surface area contributed by atoms with E-state index < -0.39 is 23.7 Å². The highest BCUT2D eigenvalue weighted by Gasteiger charge is 2.62. The van der Waals surface area contributed by atoms with Crippen molar-refractivity contribution in [1.82, 2.24) is 0 Å². The number of rotatable bonds is 4. The maximum absolute atomic E-state index is 12.8. The number of hydrogen-bond acceptors (Lipinski definition) is 4. The highest BCUT2D eigenvalue weighted by molar-refractivity contribution is 5.87. The maximum atomic E-state index is 12.8. The minimum Gasteiger partial charge on any atom is -0.458 e. The van der Waals surface area contributed by atoms with Crippen molar-refractivity contribution in [2.45, 2.75) is 50.8 Å². The summed E-state index contributed by atoms with van der Waals surface area (Å²) in [5.74, 6) is -2.28. The van der Waals surface area contributed by atoms with Gasteiger partial charge in [-0.1, -0.05) is 6.58 Å². The lowest BCUT2D eigenvalue weighted by molar-refractivity contribution is -0.253. The zero-order chi connectivity index (χ0) is 17.7. The van der Waals surface area contributed by atoms with E-state index >= 15 is 0 Å². The molecule has 0 unspecified atom stereocenters. The zero-order valence-corrected chi connectivity index (χ0v) is 13.5. The van der Waals surface area contributed by atoms with Crippen LogP contribution in [0.5, 0.6) is 0 Å². The third kappa shape index (κ3) is 2.93. The van der Waals surface area contributed by atoms with Crippen LogP contribution in [0.25, 0.3) is 0 Å². The molecule has 24 heavy (non-hydrogen) atoms. The average Bonchev–Trinajstić information content (AvgIpc) is 2.47. The first-order valence-corrected chi connectivity index (χ1v) is 8.24. The van der Waals surface area contributed by atoms with Gasteiger partial charge in [0, 0.05) is 17.4 Å². The van der Waals surface area contributed by atoms with E-state index in [1.807, 2.05) is 0 Å². The van der Waals surface area contributed by atoms with E-state index in [1.54, 1.807) is 0 Å². The Morgan fingerprint density at radius 1 is 1.08 bits per heavy atom. The van der Waals surface area contributed by atoms with Crippen LogP contribution in [0.1, 0.15) is 39.0 Å². The van der Waals surface area contributed by atoms with Gasteiger partial charge in [-0.05, 0) is 50.9 Å². The van der Waals surface area contributed by atoms with Gasteiger partial charge in [0.15, 0.2) is 5.60 Å². The lowest BCUT2D eigenvalue weighted by Gasteiger charge is -2.59. The predicted octanol–water partition coefficient (Wildman–Crippen LogP) is 3.41.